The molecule has 1 amide bonds. The minimum Gasteiger partial charge on any atom is -0.372 e. The molecule has 7 nitrogen and oxygen atoms in total. The summed E-state index contributed by atoms with van der Waals surface area (Å²) >= 11 is 0. The van der Waals surface area contributed by atoms with Gasteiger partial charge in [-0.3, -0.25) is 9.59 Å². The first-order valence-corrected chi connectivity index (χ1v) is 9.41. The molecule has 4 rings (SSSR count). The summed E-state index contributed by atoms with van der Waals surface area (Å²) in [4.78, 5) is 26.5. The highest BCUT2D eigenvalue weighted by Gasteiger charge is 2.24. The van der Waals surface area contributed by atoms with Crippen molar-refractivity contribution in [3.05, 3.63) is 64.3 Å². The second-order valence-corrected chi connectivity index (χ2v) is 7.23. The molecule has 150 valence electrons. The maximum absolute atomic E-state index is 14.8. The van der Waals surface area contributed by atoms with Gasteiger partial charge < -0.3 is 15.0 Å². The average Bonchev–Trinajstić information content (AvgIpc) is 2.67. The summed E-state index contributed by atoms with van der Waals surface area (Å²) in [5.41, 5.74) is 0.474. The number of carbonyl (C=O) groups is 1. The Morgan fingerprint density at radius 2 is 1.86 bits per heavy atom. The molecule has 0 spiro atoms. The van der Waals surface area contributed by atoms with Crippen molar-refractivity contribution in [1.82, 2.24) is 10.2 Å². The minimum absolute atomic E-state index is 0.0112. The van der Waals surface area contributed by atoms with Crippen LogP contribution in [-0.4, -0.2) is 41.4 Å². The molecule has 1 saturated heterocycles. The normalized spacial score (nSPS) is 19.3. The first-order chi connectivity index (χ1) is 13.9. The van der Waals surface area contributed by atoms with Crippen molar-refractivity contribution in [3.8, 4) is 0 Å². The molecule has 1 aliphatic heterocycles. The van der Waals surface area contributed by atoms with Crippen molar-refractivity contribution in [2.75, 3.05) is 23.3 Å². The molecule has 1 aliphatic rings. The zero-order chi connectivity index (χ0) is 20.5. The van der Waals surface area contributed by atoms with E-state index in [0.29, 0.717) is 35.2 Å². The summed E-state index contributed by atoms with van der Waals surface area (Å²) in [5, 5.41) is 9.64. The van der Waals surface area contributed by atoms with Crippen molar-refractivity contribution < 1.29 is 13.9 Å². The van der Waals surface area contributed by atoms with Crippen LogP contribution in [0.25, 0.3) is 10.8 Å². The third-order valence-electron chi connectivity index (χ3n) is 4.88. The van der Waals surface area contributed by atoms with Gasteiger partial charge in [0, 0.05) is 24.2 Å². The predicted octanol–water partition coefficient (Wildman–Crippen LogP) is 2.93. The summed E-state index contributed by atoms with van der Waals surface area (Å²) in [6.45, 7) is 5.11. The number of amides is 1. The third-order valence-corrected chi connectivity index (χ3v) is 4.88. The summed E-state index contributed by atoms with van der Waals surface area (Å²) in [6.07, 6.45) is 0.0224. The number of aromatic amines is 1. The fourth-order valence-corrected chi connectivity index (χ4v) is 3.69. The molecule has 0 saturated carbocycles. The molecule has 0 radical (unpaired) electrons. The van der Waals surface area contributed by atoms with Crippen LogP contribution < -0.4 is 15.8 Å². The van der Waals surface area contributed by atoms with Crippen molar-refractivity contribution in [3.63, 3.8) is 0 Å². The Hall–Kier alpha value is -3.26. The molecule has 2 aromatic carbocycles. The molecule has 2 N–H and O–H groups in total. The number of carbonyl (C=O) groups excluding carboxylic acids is 1. The molecular weight excluding hydrogens is 375 g/mol. The summed E-state index contributed by atoms with van der Waals surface area (Å²) < 4.78 is 20.4. The van der Waals surface area contributed by atoms with E-state index < -0.39 is 11.7 Å². The Labute approximate surface area is 166 Å². The Balaban J connectivity index is 1.58. The number of benzene rings is 2. The summed E-state index contributed by atoms with van der Waals surface area (Å²) in [5.74, 6) is -0.957. The molecule has 2 unspecified atom stereocenters. The number of rotatable bonds is 3. The van der Waals surface area contributed by atoms with Gasteiger partial charge in [0.15, 0.2) is 5.69 Å². The minimum atomic E-state index is -0.529. The van der Waals surface area contributed by atoms with Gasteiger partial charge in [0.1, 0.15) is 5.82 Å². The number of anilines is 2. The van der Waals surface area contributed by atoms with Crippen LogP contribution in [0.5, 0.6) is 0 Å². The van der Waals surface area contributed by atoms with E-state index in [1.165, 1.54) is 6.07 Å². The van der Waals surface area contributed by atoms with Gasteiger partial charge in [-0.05, 0) is 38.1 Å². The Bertz CT molecular complexity index is 1120. The van der Waals surface area contributed by atoms with E-state index in [9.17, 15) is 14.0 Å². The fraction of sp³-hybridized carbons (Fsp3) is 0.286. The molecule has 1 aromatic heterocycles. The van der Waals surface area contributed by atoms with Crippen LogP contribution in [0.2, 0.25) is 0 Å². The third kappa shape index (κ3) is 3.84. The van der Waals surface area contributed by atoms with Gasteiger partial charge in [-0.25, -0.2) is 9.49 Å². The van der Waals surface area contributed by atoms with Gasteiger partial charge in [0.25, 0.3) is 11.5 Å². The average molecular weight is 396 g/mol. The quantitative estimate of drug-likeness (QED) is 0.711. The second kappa shape index (κ2) is 7.63. The first kappa shape index (κ1) is 19.1. The Morgan fingerprint density at radius 1 is 1.17 bits per heavy atom. The lowest BCUT2D eigenvalue weighted by Gasteiger charge is -2.37. The molecule has 0 bridgehead atoms. The smallest absolute Gasteiger partial charge is 0.276 e. The lowest BCUT2D eigenvalue weighted by atomic mass is 10.1. The lowest BCUT2D eigenvalue weighted by Crippen LogP contribution is -2.45. The number of morpholine rings is 1. The highest BCUT2D eigenvalue weighted by Crippen LogP contribution is 2.26. The number of aromatic nitrogens is 2. The van der Waals surface area contributed by atoms with E-state index in [0.717, 1.165) is 0 Å². The Morgan fingerprint density at radius 3 is 2.55 bits per heavy atom. The van der Waals surface area contributed by atoms with E-state index in [1.807, 2.05) is 18.7 Å². The number of fused-ring (bicyclic) bond motifs is 1. The van der Waals surface area contributed by atoms with Crippen LogP contribution in [-0.2, 0) is 4.74 Å². The van der Waals surface area contributed by atoms with Gasteiger partial charge in [-0.2, -0.15) is 5.10 Å². The maximum Gasteiger partial charge on any atom is 0.276 e. The molecule has 0 aliphatic carbocycles. The van der Waals surface area contributed by atoms with Gasteiger partial charge in [0.05, 0.1) is 23.3 Å². The Kier molecular flexibility index (Phi) is 5.02. The first-order valence-electron chi connectivity index (χ1n) is 9.41. The lowest BCUT2D eigenvalue weighted by molar-refractivity contribution is -0.00539. The monoisotopic (exact) mass is 396 g/mol. The molecular formula is C21H21FN4O3. The van der Waals surface area contributed by atoms with Crippen LogP contribution >= 0.6 is 0 Å². The van der Waals surface area contributed by atoms with Crippen molar-refractivity contribution in [1.29, 1.82) is 0 Å². The molecule has 2 atom stereocenters. The zero-order valence-electron chi connectivity index (χ0n) is 16.1. The number of halogens is 1. The van der Waals surface area contributed by atoms with E-state index >= 15 is 0 Å². The summed E-state index contributed by atoms with van der Waals surface area (Å²) in [6, 6.07) is 11.3. The van der Waals surface area contributed by atoms with Crippen molar-refractivity contribution in [2.24, 2.45) is 0 Å². The van der Waals surface area contributed by atoms with Crippen LogP contribution in [0.1, 0.15) is 24.3 Å². The number of hydrogen-bond acceptors (Lipinski definition) is 5. The van der Waals surface area contributed by atoms with Gasteiger partial charge in [-0.15, -0.1) is 0 Å². The highest BCUT2D eigenvalue weighted by atomic mass is 19.1. The molecule has 3 aromatic rings. The number of nitrogens with zero attached hydrogens (tertiary/aromatic N) is 2. The van der Waals surface area contributed by atoms with Gasteiger partial charge in [-0.1, -0.05) is 18.2 Å². The number of H-pyrrole nitrogens is 1. The SMILES string of the molecule is CC1CN(c2ccc(NC(=O)c3n[nH]c(=O)c4ccccc34)cc2F)CC(C)O1. The van der Waals surface area contributed by atoms with E-state index in [2.05, 4.69) is 15.5 Å². The van der Waals surface area contributed by atoms with Crippen molar-refractivity contribution >= 4 is 28.1 Å². The number of nitrogens with one attached hydrogen (secondary N) is 2. The standard InChI is InChI=1S/C21H21FN4O3/c1-12-10-26(11-13(2)29-12)18-8-7-14(9-17(18)22)23-21(28)19-15-5-3-4-6-16(15)20(27)25-24-19/h3-9,12-13H,10-11H2,1-2H3,(H,23,28)(H,25,27). The molecule has 8 heteroatoms. The van der Waals surface area contributed by atoms with Gasteiger partial charge in [0.2, 0.25) is 0 Å². The number of ether oxygens (including phenoxy) is 1. The number of hydrogen-bond donors (Lipinski definition) is 2. The van der Waals surface area contributed by atoms with E-state index in [-0.39, 0.29) is 23.5 Å². The summed E-state index contributed by atoms with van der Waals surface area (Å²) in [7, 11) is 0. The van der Waals surface area contributed by atoms with Crippen LogP contribution in [0, 0.1) is 5.82 Å². The maximum atomic E-state index is 14.8. The van der Waals surface area contributed by atoms with Crippen LogP contribution in [0.4, 0.5) is 15.8 Å². The molecule has 29 heavy (non-hydrogen) atoms. The largest absolute Gasteiger partial charge is 0.372 e. The van der Waals surface area contributed by atoms with Crippen LogP contribution in [0.15, 0.2) is 47.3 Å². The van der Waals surface area contributed by atoms with E-state index in [4.69, 9.17) is 4.74 Å². The van der Waals surface area contributed by atoms with Crippen LogP contribution in [0.3, 0.4) is 0 Å². The molecule has 2 heterocycles. The second-order valence-electron chi connectivity index (χ2n) is 7.23. The van der Waals surface area contributed by atoms with Gasteiger partial charge >= 0.3 is 0 Å². The van der Waals surface area contributed by atoms with E-state index in [1.54, 1.807) is 36.4 Å². The topological polar surface area (TPSA) is 87.3 Å². The highest BCUT2D eigenvalue weighted by molar-refractivity contribution is 6.11. The fourth-order valence-electron chi connectivity index (χ4n) is 3.69. The molecule has 1 fully saturated rings. The predicted molar refractivity (Wildman–Crippen MR) is 109 cm³/mol. The zero-order valence-corrected chi connectivity index (χ0v) is 16.1. The van der Waals surface area contributed by atoms with Crippen molar-refractivity contribution in [2.45, 2.75) is 26.1 Å².